The van der Waals surface area contributed by atoms with Crippen LogP contribution in [0.25, 0.3) is 0 Å². The molecular weight excluding hydrogens is 339 g/mol. The predicted octanol–water partition coefficient (Wildman–Crippen LogP) is 6.34. The van der Waals surface area contributed by atoms with Crippen LogP contribution in [-0.2, 0) is 4.52 Å². The van der Waals surface area contributed by atoms with Gasteiger partial charge in [-0.2, -0.15) is 0 Å². The first-order chi connectivity index (χ1) is 12.2. The van der Waals surface area contributed by atoms with Crippen molar-refractivity contribution in [1.29, 1.82) is 0 Å². The Morgan fingerprint density at radius 2 is 1.20 bits per heavy atom. The molecule has 0 aromatic heterocycles. The molecule has 0 heterocycles. The Hall–Kier alpha value is -0.953. The maximum absolute atomic E-state index is 6.41. The van der Waals surface area contributed by atoms with Gasteiger partial charge in [0.15, 0.2) is 0 Å². The van der Waals surface area contributed by atoms with Crippen molar-refractivity contribution < 1.29 is 4.52 Å². The lowest BCUT2D eigenvalue weighted by Crippen LogP contribution is -2.30. The minimum atomic E-state index is -0.973. The van der Waals surface area contributed by atoms with Crippen LogP contribution in [0, 0.1) is 0 Å². The molecule has 0 aliphatic rings. The van der Waals surface area contributed by atoms with Crippen LogP contribution in [0.5, 0.6) is 0 Å². The van der Waals surface area contributed by atoms with Gasteiger partial charge < -0.3 is 4.52 Å². The van der Waals surface area contributed by atoms with E-state index in [0.717, 1.165) is 6.61 Å². The summed E-state index contributed by atoms with van der Waals surface area (Å²) in [6.07, 6.45) is 2.52. The van der Waals surface area contributed by atoms with Gasteiger partial charge in [0, 0.05) is 10.6 Å². The molecule has 2 rings (SSSR count). The highest BCUT2D eigenvalue weighted by Gasteiger charge is 2.25. The smallest absolute Gasteiger partial charge is 0.0917 e. The lowest BCUT2D eigenvalue weighted by Gasteiger charge is -2.28. The molecule has 0 aliphatic heterocycles. The molecule has 136 valence electrons. The van der Waals surface area contributed by atoms with Crippen LogP contribution >= 0.6 is 8.15 Å². The fraction of sp³-hybridized carbons (Fsp3) is 0.455. The zero-order chi connectivity index (χ0) is 18.0. The largest absolute Gasteiger partial charge is 0.350 e. The first kappa shape index (κ1) is 20.4. The zero-order valence-corrected chi connectivity index (χ0v) is 18.0. The average molecular weight is 373 g/mol. The summed E-state index contributed by atoms with van der Waals surface area (Å²) < 4.78 is 6.41. The van der Waals surface area contributed by atoms with Crippen molar-refractivity contribution in [2.45, 2.75) is 57.8 Å². The Labute approximate surface area is 156 Å². The molecule has 2 aromatic carbocycles. The van der Waals surface area contributed by atoms with Gasteiger partial charge >= 0.3 is 0 Å². The van der Waals surface area contributed by atoms with Crippen molar-refractivity contribution in [3.63, 3.8) is 0 Å². The molecule has 0 fully saturated rings. The van der Waals surface area contributed by atoms with Crippen molar-refractivity contribution in [3.8, 4) is 0 Å². The van der Waals surface area contributed by atoms with Gasteiger partial charge in [-0.15, -0.1) is 0 Å². The molecule has 3 heteroatoms. The van der Waals surface area contributed by atoms with Crippen molar-refractivity contribution >= 4 is 26.8 Å². The summed E-state index contributed by atoms with van der Waals surface area (Å²) in [4.78, 5) is 0. The van der Waals surface area contributed by atoms with Crippen LogP contribution in [-0.4, -0.2) is 14.7 Å². The van der Waals surface area contributed by atoms with Gasteiger partial charge in [0.25, 0.3) is 0 Å². The second-order valence-electron chi connectivity index (χ2n) is 6.82. The molecule has 25 heavy (non-hydrogen) atoms. The molecule has 0 saturated heterocycles. The zero-order valence-electron chi connectivity index (χ0n) is 16.1. The summed E-state index contributed by atoms with van der Waals surface area (Å²) >= 11 is 0. The molecule has 0 aliphatic carbocycles. The Balaban J connectivity index is 1.91. The van der Waals surface area contributed by atoms with Crippen LogP contribution in [0.15, 0.2) is 60.7 Å². The number of rotatable bonds is 11. The van der Waals surface area contributed by atoms with Gasteiger partial charge in [0.1, 0.15) is 0 Å². The molecular formula is C22H33OPSi. The Morgan fingerprint density at radius 1 is 0.720 bits per heavy atom. The van der Waals surface area contributed by atoms with E-state index in [1.165, 1.54) is 47.6 Å². The van der Waals surface area contributed by atoms with Crippen LogP contribution in [0.2, 0.25) is 24.2 Å². The third-order valence-electron chi connectivity index (χ3n) is 5.55. The molecule has 0 atom stereocenters. The summed E-state index contributed by atoms with van der Waals surface area (Å²) in [5.41, 5.74) is 0. The van der Waals surface area contributed by atoms with E-state index in [2.05, 4.69) is 81.4 Å². The van der Waals surface area contributed by atoms with E-state index in [1.54, 1.807) is 0 Å². The highest BCUT2D eigenvalue weighted by Crippen LogP contribution is 2.35. The fourth-order valence-corrected chi connectivity index (χ4v) is 8.82. The second kappa shape index (κ2) is 10.9. The first-order valence-corrected chi connectivity index (χ1v) is 13.9. The molecule has 2 aromatic rings. The number of hydrogen-bond donors (Lipinski definition) is 0. The summed E-state index contributed by atoms with van der Waals surface area (Å²) in [5.74, 6) is 0. The molecule has 0 bridgehead atoms. The SMILES string of the molecule is CC[Si](CC)(CC)CCCCOP(c1ccccc1)c1ccccc1. The Kier molecular flexibility index (Phi) is 8.88. The van der Waals surface area contributed by atoms with Crippen molar-refractivity contribution in [3.05, 3.63) is 60.7 Å². The van der Waals surface area contributed by atoms with E-state index in [9.17, 15) is 0 Å². The topological polar surface area (TPSA) is 9.23 Å². The molecule has 0 spiro atoms. The van der Waals surface area contributed by atoms with Gasteiger partial charge in [-0.3, -0.25) is 0 Å². The fourth-order valence-electron chi connectivity index (χ4n) is 3.46. The van der Waals surface area contributed by atoms with Crippen molar-refractivity contribution in [2.24, 2.45) is 0 Å². The van der Waals surface area contributed by atoms with E-state index < -0.39 is 16.2 Å². The third-order valence-corrected chi connectivity index (χ3v) is 13.4. The third kappa shape index (κ3) is 6.06. The summed E-state index contributed by atoms with van der Waals surface area (Å²) in [7, 11) is -1.67. The molecule has 0 amide bonds. The van der Waals surface area contributed by atoms with Gasteiger partial charge in [-0.05, 0) is 6.42 Å². The molecule has 0 saturated carbocycles. The van der Waals surface area contributed by atoms with Crippen LogP contribution < -0.4 is 10.6 Å². The maximum Gasteiger partial charge on any atom is 0.0917 e. The number of hydrogen-bond acceptors (Lipinski definition) is 1. The Morgan fingerprint density at radius 3 is 1.64 bits per heavy atom. The standard InChI is InChI=1S/C22H33OPSi/c1-4-25(5-2,6-3)20-14-13-19-23-24(21-15-9-7-10-16-21)22-17-11-8-12-18-22/h7-12,15-18H,4-6,13-14,19-20H2,1-3H3. The van der Waals surface area contributed by atoms with E-state index in [1.807, 2.05) is 0 Å². The van der Waals surface area contributed by atoms with Crippen molar-refractivity contribution in [2.75, 3.05) is 6.61 Å². The Bertz CT molecular complexity index is 536. The molecule has 0 radical (unpaired) electrons. The van der Waals surface area contributed by atoms with Crippen molar-refractivity contribution in [1.82, 2.24) is 0 Å². The van der Waals surface area contributed by atoms with Gasteiger partial charge in [0.05, 0.1) is 22.8 Å². The van der Waals surface area contributed by atoms with Gasteiger partial charge in [-0.1, -0.05) is 112 Å². The number of benzene rings is 2. The van der Waals surface area contributed by atoms with Crippen LogP contribution in [0.4, 0.5) is 0 Å². The van der Waals surface area contributed by atoms with E-state index in [-0.39, 0.29) is 0 Å². The lowest BCUT2D eigenvalue weighted by atomic mass is 10.4. The maximum atomic E-state index is 6.41. The molecule has 1 nitrogen and oxygen atoms in total. The lowest BCUT2D eigenvalue weighted by molar-refractivity contribution is 0.350. The highest BCUT2D eigenvalue weighted by atomic mass is 31.1. The predicted molar refractivity (Wildman–Crippen MR) is 116 cm³/mol. The first-order valence-electron chi connectivity index (χ1n) is 9.78. The summed E-state index contributed by atoms with van der Waals surface area (Å²) in [6.45, 7) is 8.08. The average Bonchev–Trinajstić information content (AvgIpc) is 2.69. The minimum Gasteiger partial charge on any atom is -0.350 e. The summed E-state index contributed by atoms with van der Waals surface area (Å²) in [5, 5.41) is 2.62. The van der Waals surface area contributed by atoms with E-state index in [4.69, 9.17) is 4.52 Å². The number of unbranched alkanes of at least 4 members (excludes halogenated alkanes) is 1. The van der Waals surface area contributed by atoms with Gasteiger partial charge in [-0.25, -0.2) is 0 Å². The van der Waals surface area contributed by atoms with E-state index in [0.29, 0.717) is 0 Å². The van der Waals surface area contributed by atoms with Gasteiger partial charge in [0.2, 0.25) is 0 Å². The molecule has 0 N–H and O–H groups in total. The monoisotopic (exact) mass is 372 g/mol. The summed E-state index contributed by atoms with van der Waals surface area (Å²) in [6, 6.07) is 27.1. The second-order valence-corrected chi connectivity index (χ2v) is 14.3. The quantitative estimate of drug-likeness (QED) is 0.254. The van der Waals surface area contributed by atoms with Crippen LogP contribution in [0.3, 0.4) is 0 Å². The highest BCUT2D eigenvalue weighted by molar-refractivity contribution is 7.68. The molecule has 0 unspecified atom stereocenters. The minimum absolute atomic E-state index is 0.695. The van der Waals surface area contributed by atoms with E-state index >= 15 is 0 Å². The van der Waals surface area contributed by atoms with Crippen LogP contribution in [0.1, 0.15) is 33.6 Å². The normalized spacial score (nSPS) is 11.8.